The molecule has 0 radical (unpaired) electrons. The Balaban J connectivity index is 1.48. The van der Waals surface area contributed by atoms with Crippen LogP contribution in [0.25, 0.3) is 11.1 Å². The number of carbonyl (C=O) groups excluding carboxylic acids is 2. The van der Waals surface area contributed by atoms with Crippen molar-refractivity contribution in [2.45, 2.75) is 70.3 Å². The molecule has 1 unspecified atom stereocenters. The third kappa shape index (κ3) is 6.10. The molecule has 4 rings (SSSR count). The van der Waals surface area contributed by atoms with Crippen LogP contribution in [0.5, 0.6) is 0 Å². The third-order valence-electron chi connectivity index (χ3n) is 6.78. The fraction of sp³-hybridized carbons (Fsp3) is 0.444. The Labute approximate surface area is 210 Å². The summed E-state index contributed by atoms with van der Waals surface area (Å²) < 4.78 is 5.90. The van der Waals surface area contributed by atoms with Gasteiger partial charge >= 0.3 is 0 Å². The highest BCUT2D eigenvalue weighted by Crippen LogP contribution is 2.26. The molecule has 2 heterocycles. The van der Waals surface area contributed by atoms with E-state index in [1.807, 2.05) is 56.3 Å². The van der Waals surface area contributed by atoms with Crippen LogP contribution < -0.4 is 21.7 Å². The first-order valence-electron chi connectivity index (χ1n) is 12.4. The summed E-state index contributed by atoms with van der Waals surface area (Å²) in [5.74, 6) is -0.317. The van der Waals surface area contributed by atoms with E-state index in [9.17, 15) is 14.7 Å². The number of nitrogens with zero attached hydrogens (tertiary/aromatic N) is 1. The van der Waals surface area contributed by atoms with Crippen molar-refractivity contribution in [3.63, 3.8) is 0 Å². The van der Waals surface area contributed by atoms with Crippen molar-refractivity contribution in [2.24, 2.45) is 5.73 Å². The SMILES string of the molecule is Cc1cc2nc(C(O)[C@@H](CCc3ccccc3)NC(=O)[C@@H]3C[C@@H](NC(=O)[C@@H](C)N)CN3)oc2cc1C. The molecule has 1 aromatic heterocycles. The van der Waals surface area contributed by atoms with Gasteiger partial charge in [-0.1, -0.05) is 30.3 Å². The van der Waals surface area contributed by atoms with E-state index >= 15 is 0 Å². The highest BCUT2D eigenvalue weighted by atomic mass is 16.4. The number of benzene rings is 2. The van der Waals surface area contributed by atoms with Crippen molar-refractivity contribution in [1.82, 2.24) is 20.9 Å². The minimum absolute atomic E-state index is 0.176. The summed E-state index contributed by atoms with van der Waals surface area (Å²) in [5, 5.41) is 20.3. The lowest BCUT2D eigenvalue weighted by Gasteiger charge is -2.24. The van der Waals surface area contributed by atoms with Gasteiger partial charge in [0.05, 0.1) is 18.1 Å². The van der Waals surface area contributed by atoms with Crippen molar-refractivity contribution in [1.29, 1.82) is 0 Å². The Morgan fingerprint density at radius 3 is 2.67 bits per heavy atom. The van der Waals surface area contributed by atoms with Crippen LogP contribution in [-0.4, -0.2) is 52.6 Å². The molecule has 0 saturated carbocycles. The topological polar surface area (TPSA) is 143 Å². The van der Waals surface area contributed by atoms with Crippen molar-refractivity contribution in [3.8, 4) is 0 Å². The van der Waals surface area contributed by atoms with E-state index in [2.05, 4.69) is 20.9 Å². The second kappa shape index (κ2) is 11.2. The molecule has 9 heteroatoms. The first-order chi connectivity index (χ1) is 17.2. The average molecular weight is 494 g/mol. The van der Waals surface area contributed by atoms with Crippen molar-refractivity contribution >= 4 is 22.9 Å². The van der Waals surface area contributed by atoms with Crippen LogP contribution in [0, 0.1) is 13.8 Å². The number of oxazole rings is 1. The maximum Gasteiger partial charge on any atom is 0.237 e. The molecule has 0 aliphatic carbocycles. The molecule has 5 atom stereocenters. The summed E-state index contributed by atoms with van der Waals surface area (Å²) in [6, 6.07) is 11.8. The molecule has 192 valence electrons. The highest BCUT2D eigenvalue weighted by molar-refractivity contribution is 5.84. The van der Waals surface area contributed by atoms with Crippen LogP contribution in [0.2, 0.25) is 0 Å². The van der Waals surface area contributed by atoms with Gasteiger partial charge in [-0.3, -0.25) is 9.59 Å². The first kappa shape index (κ1) is 25.8. The van der Waals surface area contributed by atoms with Gasteiger partial charge in [-0.2, -0.15) is 0 Å². The number of hydrogen-bond acceptors (Lipinski definition) is 7. The molecule has 2 aromatic carbocycles. The van der Waals surface area contributed by atoms with Gasteiger partial charge in [0, 0.05) is 12.6 Å². The van der Waals surface area contributed by atoms with Crippen molar-refractivity contribution in [2.75, 3.05) is 6.54 Å². The van der Waals surface area contributed by atoms with Gasteiger partial charge in [0.1, 0.15) is 5.52 Å². The number of nitrogens with two attached hydrogens (primary N) is 1. The third-order valence-corrected chi connectivity index (χ3v) is 6.78. The minimum atomic E-state index is -1.12. The molecule has 9 nitrogen and oxygen atoms in total. The molecule has 1 saturated heterocycles. The zero-order chi connectivity index (χ0) is 25.8. The lowest BCUT2D eigenvalue weighted by Crippen LogP contribution is -2.47. The summed E-state index contributed by atoms with van der Waals surface area (Å²) in [6.45, 7) is 6.09. The second-order valence-corrected chi connectivity index (χ2v) is 9.73. The number of aryl methyl sites for hydroxylation is 3. The molecule has 0 spiro atoms. The van der Waals surface area contributed by atoms with Crippen molar-refractivity contribution in [3.05, 3.63) is 65.0 Å². The van der Waals surface area contributed by atoms with Crippen LogP contribution in [-0.2, 0) is 16.0 Å². The van der Waals surface area contributed by atoms with Crippen LogP contribution in [0.1, 0.15) is 48.5 Å². The number of rotatable bonds is 9. The Hall–Kier alpha value is -3.27. The Morgan fingerprint density at radius 2 is 1.94 bits per heavy atom. The fourth-order valence-electron chi connectivity index (χ4n) is 4.43. The lowest BCUT2D eigenvalue weighted by atomic mass is 10.00. The van der Waals surface area contributed by atoms with E-state index in [-0.39, 0.29) is 23.7 Å². The summed E-state index contributed by atoms with van der Waals surface area (Å²) in [5.41, 5.74) is 10.2. The van der Waals surface area contributed by atoms with E-state index in [4.69, 9.17) is 10.2 Å². The lowest BCUT2D eigenvalue weighted by molar-refractivity contribution is -0.125. The molecule has 36 heavy (non-hydrogen) atoms. The molecule has 2 amide bonds. The number of aliphatic hydroxyl groups is 1. The number of hydrogen-bond donors (Lipinski definition) is 5. The number of aliphatic hydroxyl groups excluding tert-OH is 1. The van der Waals surface area contributed by atoms with E-state index in [0.717, 1.165) is 16.7 Å². The maximum atomic E-state index is 13.2. The normalized spacial score (nSPS) is 20.1. The van der Waals surface area contributed by atoms with Gasteiger partial charge in [-0.25, -0.2) is 4.98 Å². The monoisotopic (exact) mass is 493 g/mol. The molecular formula is C27H35N5O4. The smallest absolute Gasteiger partial charge is 0.237 e. The van der Waals surface area contributed by atoms with Gasteiger partial charge in [0.2, 0.25) is 17.7 Å². The maximum absolute atomic E-state index is 13.2. The van der Waals surface area contributed by atoms with Crippen LogP contribution >= 0.6 is 0 Å². The molecule has 3 aromatic rings. The zero-order valence-electron chi connectivity index (χ0n) is 21.0. The molecular weight excluding hydrogens is 458 g/mol. The summed E-state index contributed by atoms with van der Waals surface area (Å²) in [6.07, 6.45) is 0.464. The van der Waals surface area contributed by atoms with E-state index < -0.39 is 24.2 Å². The predicted molar refractivity (Wildman–Crippen MR) is 137 cm³/mol. The zero-order valence-corrected chi connectivity index (χ0v) is 21.0. The molecule has 6 N–H and O–H groups in total. The van der Waals surface area contributed by atoms with Crippen molar-refractivity contribution < 1.29 is 19.1 Å². The number of nitrogens with one attached hydrogen (secondary N) is 3. The number of amides is 2. The van der Waals surface area contributed by atoms with E-state index in [0.29, 0.717) is 36.9 Å². The van der Waals surface area contributed by atoms with E-state index in [1.54, 1.807) is 6.92 Å². The van der Waals surface area contributed by atoms with Gasteiger partial charge in [0.15, 0.2) is 11.7 Å². The fourth-order valence-corrected chi connectivity index (χ4v) is 4.43. The molecule has 1 fully saturated rings. The molecule has 1 aliphatic rings. The summed E-state index contributed by atoms with van der Waals surface area (Å²) in [7, 11) is 0. The molecule has 0 bridgehead atoms. The number of carbonyl (C=O) groups is 2. The van der Waals surface area contributed by atoms with Crippen LogP contribution in [0.15, 0.2) is 46.9 Å². The Bertz CT molecular complexity index is 1170. The van der Waals surface area contributed by atoms with Gasteiger partial charge in [-0.05, 0) is 68.9 Å². The summed E-state index contributed by atoms with van der Waals surface area (Å²) >= 11 is 0. The first-order valence-corrected chi connectivity index (χ1v) is 12.4. The molecule has 1 aliphatic heterocycles. The summed E-state index contributed by atoms with van der Waals surface area (Å²) in [4.78, 5) is 29.6. The average Bonchev–Trinajstić information content (AvgIpc) is 3.49. The van der Waals surface area contributed by atoms with Gasteiger partial charge in [-0.15, -0.1) is 0 Å². The van der Waals surface area contributed by atoms with Gasteiger partial charge < -0.3 is 31.2 Å². The predicted octanol–water partition coefficient (Wildman–Crippen LogP) is 1.79. The number of fused-ring (bicyclic) bond motifs is 1. The minimum Gasteiger partial charge on any atom is -0.438 e. The Morgan fingerprint density at radius 1 is 1.22 bits per heavy atom. The quantitative estimate of drug-likeness (QED) is 0.306. The largest absolute Gasteiger partial charge is 0.438 e. The van der Waals surface area contributed by atoms with Crippen LogP contribution in [0.4, 0.5) is 0 Å². The second-order valence-electron chi connectivity index (χ2n) is 9.73. The Kier molecular flexibility index (Phi) is 8.03. The number of aromatic nitrogens is 1. The van der Waals surface area contributed by atoms with E-state index in [1.165, 1.54) is 0 Å². The van der Waals surface area contributed by atoms with Crippen LogP contribution in [0.3, 0.4) is 0 Å². The highest BCUT2D eigenvalue weighted by Gasteiger charge is 2.34. The van der Waals surface area contributed by atoms with Gasteiger partial charge in [0.25, 0.3) is 0 Å². The standard InChI is InChI=1S/C27H35N5O4/c1-15-11-21-23(12-16(15)2)36-27(32-21)24(33)20(10-9-18-7-5-4-6-8-18)31-26(35)22-13-19(14-29-22)30-25(34)17(3)28/h4-8,11-12,17,19-20,22,24,29,33H,9-10,13-14,28H2,1-3H3,(H,30,34)(H,31,35)/t17-,19-,20-,22+,24?/m1/s1.